The molecule has 0 spiro atoms. The number of esters is 2. The topological polar surface area (TPSA) is 60.4 Å². The van der Waals surface area contributed by atoms with Gasteiger partial charge in [0.05, 0.1) is 5.88 Å². The fourth-order valence-corrected chi connectivity index (χ4v) is 0.538. The minimum absolute atomic E-state index is 0.112. The molecule has 0 aliphatic carbocycles. The number of ketones is 1. The standard InChI is InChI=1S/C7H9ClO4/c1-2-6(10)12-7(11)3-5(9)4-8/h2-4H2,1H3. The highest BCUT2D eigenvalue weighted by Crippen LogP contribution is 1.93. The van der Waals surface area contributed by atoms with Gasteiger partial charge in [-0.05, 0) is 0 Å². The van der Waals surface area contributed by atoms with E-state index >= 15 is 0 Å². The van der Waals surface area contributed by atoms with E-state index in [-0.39, 0.29) is 12.3 Å². The van der Waals surface area contributed by atoms with Crippen molar-refractivity contribution in [2.24, 2.45) is 0 Å². The Morgan fingerprint density at radius 3 is 2.25 bits per heavy atom. The fourth-order valence-electron chi connectivity index (χ4n) is 0.443. The highest BCUT2D eigenvalue weighted by Gasteiger charge is 2.12. The number of rotatable bonds is 4. The van der Waals surface area contributed by atoms with Crippen molar-refractivity contribution in [2.75, 3.05) is 5.88 Å². The van der Waals surface area contributed by atoms with Crippen molar-refractivity contribution in [3.8, 4) is 0 Å². The van der Waals surface area contributed by atoms with Gasteiger partial charge in [-0.1, -0.05) is 6.92 Å². The van der Waals surface area contributed by atoms with Gasteiger partial charge < -0.3 is 4.74 Å². The van der Waals surface area contributed by atoms with Crippen molar-refractivity contribution in [2.45, 2.75) is 19.8 Å². The summed E-state index contributed by atoms with van der Waals surface area (Å²) >= 11 is 5.12. The van der Waals surface area contributed by atoms with Gasteiger partial charge in [-0.2, -0.15) is 0 Å². The molecule has 0 saturated heterocycles. The summed E-state index contributed by atoms with van der Waals surface area (Å²) in [4.78, 5) is 31.7. The van der Waals surface area contributed by atoms with Crippen molar-refractivity contribution in [3.05, 3.63) is 0 Å². The molecular formula is C7H9ClO4. The SMILES string of the molecule is CCC(=O)OC(=O)CC(=O)CCl. The van der Waals surface area contributed by atoms with E-state index in [0.717, 1.165) is 0 Å². The molecule has 4 nitrogen and oxygen atoms in total. The van der Waals surface area contributed by atoms with Crippen LogP contribution in [0.3, 0.4) is 0 Å². The van der Waals surface area contributed by atoms with E-state index < -0.39 is 24.1 Å². The quantitative estimate of drug-likeness (QED) is 0.373. The molecule has 68 valence electrons. The maximum absolute atomic E-state index is 10.7. The van der Waals surface area contributed by atoms with Gasteiger partial charge in [-0.25, -0.2) is 0 Å². The van der Waals surface area contributed by atoms with E-state index in [1.807, 2.05) is 0 Å². The molecule has 0 heterocycles. The number of hydrogen-bond donors (Lipinski definition) is 0. The summed E-state index contributed by atoms with van der Waals surface area (Å²) in [5.41, 5.74) is 0. The first-order chi connectivity index (χ1) is 5.60. The van der Waals surface area contributed by atoms with Crippen LogP contribution in [0.5, 0.6) is 0 Å². The zero-order valence-corrected chi connectivity index (χ0v) is 7.39. The normalized spacial score (nSPS) is 9.17. The number of ether oxygens (including phenoxy) is 1. The molecule has 0 rings (SSSR count). The number of Topliss-reactive ketones (excluding diaryl/α,β-unsaturated/α-hetero) is 1. The first kappa shape index (κ1) is 11.1. The van der Waals surface area contributed by atoms with Crippen molar-refractivity contribution in [1.82, 2.24) is 0 Å². The molecular weight excluding hydrogens is 184 g/mol. The number of carbonyl (C=O) groups excluding carboxylic acids is 3. The van der Waals surface area contributed by atoms with E-state index in [9.17, 15) is 14.4 Å². The van der Waals surface area contributed by atoms with Crippen molar-refractivity contribution in [1.29, 1.82) is 0 Å². The number of carbonyl (C=O) groups is 3. The smallest absolute Gasteiger partial charge is 0.321 e. The van der Waals surface area contributed by atoms with Gasteiger partial charge in [0.1, 0.15) is 6.42 Å². The Balaban J connectivity index is 3.74. The zero-order chi connectivity index (χ0) is 9.56. The minimum atomic E-state index is -0.840. The van der Waals surface area contributed by atoms with Gasteiger partial charge in [0.25, 0.3) is 0 Å². The monoisotopic (exact) mass is 192 g/mol. The summed E-state index contributed by atoms with van der Waals surface area (Å²) < 4.78 is 4.21. The largest absolute Gasteiger partial charge is 0.393 e. The Hall–Kier alpha value is -0.900. The van der Waals surface area contributed by atoms with Gasteiger partial charge in [-0.3, -0.25) is 14.4 Å². The average molecular weight is 193 g/mol. The lowest BCUT2D eigenvalue weighted by Gasteiger charge is -1.98. The van der Waals surface area contributed by atoms with E-state index in [4.69, 9.17) is 11.6 Å². The summed E-state index contributed by atoms with van der Waals surface area (Å²) in [7, 11) is 0. The fraction of sp³-hybridized carbons (Fsp3) is 0.571. The summed E-state index contributed by atoms with van der Waals surface area (Å²) in [6.07, 6.45) is -0.323. The van der Waals surface area contributed by atoms with E-state index in [2.05, 4.69) is 4.74 Å². The molecule has 12 heavy (non-hydrogen) atoms. The second-order valence-electron chi connectivity index (χ2n) is 2.05. The van der Waals surface area contributed by atoms with Gasteiger partial charge in [0, 0.05) is 6.42 Å². The third-order valence-corrected chi connectivity index (χ3v) is 1.30. The number of alkyl halides is 1. The van der Waals surface area contributed by atoms with Crippen LogP contribution in [-0.2, 0) is 19.1 Å². The number of hydrogen-bond acceptors (Lipinski definition) is 4. The molecule has 0 unspecified atom stereocenters. The van der Waals surface area contributed by atoms with Crippen LogP contribution in [0.4, 0.5) is 0 Å². The lowest BCUT2D eigenvalue weighted by molar-refractivity contribution is -0.159. The Morgan fingerprint density at radius 1 is 1.25 bits per heavy atom. The van der Waals surface area contributed by atoms with Crippen LogP contribution in [0.2, 0.25) is 0 Å². The van der Waals surface area contributed by atoms with E-state index in [1.54, 1.807) is 6.92 Å². The molecule has 0 bridgehead atoms. The molecule has 0 radical (unpaired) electrons. The lowest BCUT2D eigenvalue weighted by Crippen LogP contribution is -2.15. The number of halogens is 1. The first-order valence-electron chi connectivity index (χ1n) is 3.41. The molecule has 0 amide bonds. The molecule has 5 heteroatoms. The van der Waals surface area contributed by atoms with Crippen LogP contribution in [0.15, 0.2) is 0 Å². The van der Waals surface area contributed by atoms with Crippen LogP contribution in [-0.4, -0.2) is 23.6 Å². The van der Waals surface area contributed by atoms with Crippen LogP contribution in [0.1, 0.15) is 19.8 Å². The lowest BCUT2D eigenvalue weighted by atomic mass is 10.3. The first-order valence-corrected chi connectivity index (χ1v) is 3.94. The van der Waals surface area contributed by atoms with Gasteiger partial charge >= 0.3 is 11.9 Å². The van der Waals surface area contributed by atoms with E-state index in [0.29, 0.717) is 0 Å². The molecule has 0 aliphatic rings. The van der Waals surface area contributed by atoms with Crippen molar-refractivity contribution < 1.29 is 19.1 Å². The maximum Gasteiger partial charge on any atom is 0.321 e. The van der Waals surface area contributed by atoms with Crippen molar-refractivity contribution >= 4 is 29.3 Å². The summed E-state index contributed by atoms with van der Waals surface area (Å²) in [6.45, 7) is 1.55. The van der Waals surface area contributed by atoms with Gasteiger partial charge in [0.15, 0.2) is 5.78 Å². The molecule has 0 aromatic rings. The van der Waals surface area contributed by atoms with Gasteiger partial charge in [-0.15, -0.1) is 11.6 Å². The predicted molar refractivity (Wildman–Crippen MR) is 41.7 cm³/mol. The molecule has 0 aliphatic heterocycles. The predicted octanol–water partition coefficient (Wildman–Crippen LogP) is 0.664. The summed E-state index contributed by atoms with van der Waals surface area (Å²) in [5.74, 6) is -2.17. The third kappa shape index (κ3) is 4.85. The Bertz CT molecular complexity index is 180. The molecule has 0 N–H and O–H groups in total. The Morgan fingerprint density at radius 2 is 1.83 bits per heavy atom. The van der Waals surface area contributed by atoms with Crippen LogP contribution < -0.4 is 0 Å². The van der Waals surface area contributed by atoms with Gasteiger partial charge in [0.2, 0.25) is 0 Å². The summed E-state index contributed by atoms with van der Waals surface area (Å²) in [5, 5.41) is 0. The third-order valence-electron chi connectivity index (χ3n) is 1.01. The minimum Gasteiger partial charge on any atom is -0.393 e. The zero-order valence-electron chi connectivity index (χ0n) is 6.63. The molecule has 0 aromatic carbocycles. The Kier molecular flexibility index (Phi) is 5.28. The second-order valence-corrected chi connectivity index (χ2v) is 2.32. The highest BCUT2D eigenvalue weighted by atomic mass is 35.5. The molecule has 0 fully saturated rings. The molecule has 0 atom stereocenters. The van der Waals surface area contributed by atoms with Crippen LogP contribution in [0, 0.1) is 0 Å². The average Bonchev–Trinajstić information content (AvgIpc) is 2.03. The Labute approximate surface area is 74.8 Å². The second kappa shape index (κ2) is 5.71. The maximum atomic E-state index is 10.7. The van der Waals surface area contributed by atoms with Crippen LogP contribution in [0.25, 0.3) is 0 Å². The van der Waals surface area contributed by atoms with E-state index in [1.165, 1.54) is 0 Å². The highest BCUT2D eigenvalue weighted by molar-refractivity contribution is 6.29. The molecule has 0 aromatic heterocycles. The molecule has 0 saturated carbocycles. The van der Waals surface area contributed by atoms with Crippen LogP contribution >= 0.6 is 11.6 Å². The van der Waals surface area contributed by atoms with Crippen molar-refractivity contribution in [3.63, 3.8) is 0 Å². The summed E-state index contributed by atoms with van der Waals surface area (Å²) in [6, 6.07) is 0.